The van der Waals surface area contributed by atoms with E-state index in [2.05, 4.69) is 34.5 Å². The molecular formula is C14H19N5O. The molecule has 0 unspecified atom stereocenters. The highest BCUT2D eigenvalue weighted by Crippen LogP contribution is 2.39. The van der Waals surface area contributed by atoms with Crippen LogP contribution in [-0.2, 0) is 7.05 Å². The normalized spacial score (nSPS) is 14.8. The van der Waals surface area contributed by atoms with Gasteiger partial charge in [-0.25, -0.2) is 0 Å². The zero-order valence-corrected chi connectivity index (χ0v) is 12.0. The second kappa shape index (κ2) is 4.77. The Balaban J connectivity index is 1.74. The van der Waals surface area contributed by atoms with Crippen LogP contribution < -0.4 is 5.32 Å². The van der Waals surface area contributed by atoms with Gasteiger partial charge in [-0.1, -0.05) is 13.8 Å². The quantitative estimate of drug-likeness (QED) is 0.898. The van der Waals surface area contributed by atoms with E-state index in [-0.39, 0.29) is 5.91 Å². The summed E-state index contributed by atoms with van der Waals surface area (Å²) in [6, 6.07) is 3.74. The first-order chi connectivity index (χ1) is 9.54. The summed E-state index contributed by atoms with van der Waals surface area (Å²) in [4.78, 5) is 12.2. The molecule has 1 saturated carbocycles. The molecule has 106 valence electrons. The smallest absolute Gasteiger partial charge is 0.277 e. The van der Waals surface area contributed by atoms with Crippen LogP contribution >= 0.6 is 0 Å². The minimum absolute atomic E-state index is 0.202. The summed E-state index contributed by atoms with van der Waals surface area (Å²) < 4.78 is 1.68. The number of aryl methyl sites for hydroxylation is 1. The van der Waals surface area contributed by atoms with Gasteiger partial charge in [-0.3, -0.25) is 14.6 Å². The van der Waals surface area contributed by atoms with Crippen LogP contribution in [0.4, 0.5) is 5.82 Å². The number of anilines is 1. The maximum absolute atomic E-state index is 12.2. The number of carbonyl (C=O) groups is 1. The zero-order chi connectivity index (χ0) is 14.3. The molecule has 6 heteroatoms. The Kier molecular flexibility index (Phi) is 3.08. The lowest BCUT2D eigenvalue weighted by Gasteiger charge is -2.01. The first-order valence-electron chi connectivity index (χ1n) is 6.95. The molecule has 0 atom stereocenters. The Morgan fingerprint density at radius 3 is 2.80 bits per heavy atom. The monoisotopic (exact) mass is 273 g/mol. The van der Waals surface area contributed by atoms with Gasteiger partial charge < -0.3 is 5.32 Å². The van der Waals surface area contributed by atoms with Crippen molar-refractivity contribution in [2.24, 2.45) is 7.05 Å². The van der Waals surface area contributed by atoms with Crippen LogP contribution in [0.25, 0.3) is 0 Å². The number of nitrogens with zero attached hydrogens (tertiary/aromatic N) is 3. The van der Waals surface area contributed by atoms with Gasteiger partial charge in [-0.05, 0) is 24.8 Å². The van der Waals surface area contributed by atoms with E-state index in [0.717, 1.165) is 11.4 Å². The number of aromatic amines is 1. The molecule has 3 rings (SSSR count). The van der Waals surface area contributed by atoms with Gasteiger partial charge in [0.05, 0.1) is 5.69 Å². The van der Waals surface area contributed by atoms with Crippen molar-refractivity contribution < 1.29 is 4.79 Å². The summed E-state index contributed by atoms with van der Waals surface area (Å²) in [7, 11) is 1.82. The highest BCUT2D eigenvalue weighted by Gasteiger charge is 2.26. The third-order valence-corrected chi connectivity index (χ3v) is 3.58. The fourth-order valence-electron chi connectivity index (χ4n) is 2.13. The SMILES string of the molecule is CC(C)c1cc(NC(=O)c2cc(C3CC3)[nH]n2)n(C)n1. The number of amides is 1. The van der Waals surface area contributed by atoms with E-state index in [0.29, 0.717) is 23.3 Å². The molecule has 2 heterocycles. The fraction of sp³-hybridized carbons (Fsp3) is 0.500. The molecule has 0 bridgehead atoms. The van der Waals surface area contributed by atoms with E-state index in [1.807, 2.05) is 19.2 Å². The lowest BCUT2D eigenvalue weighted by Crippen LogP contribution is -2.14. The molecule has 0 aliphatic heterocycles. The molecule has 0 spiro atoms. The van der Waals surface area contributed by atoms with Crippen LogP contribution in [0.15, 0.2) is 12.1 Å². The van der Waals surface area contributed by atoms with Crippen molar-refractivity contribution >= 4 is 11.7 Å². The van der Waals surface area contributed by atoms with E-state index >= 15 is 0 Å². The van der Waals surface area contributed by atoms with Gasteiger partial charge >= 0.3 is 0 Å². The predicted molar refractivity (Wildman–Crippen MR) is 75.8 cm³/mol. The molecular weight excluding hydrogens is 254 g/mol. The summed E-state index contributed by atoms with van der Waals surface area (Å²) in [5, 5.41) is 14.2. The van der Waals surface area contributed by atoms with Crippen molar-refractivity contribution in [3.05, 3.63) is 29.2 Å². The van der Waals surface area contributed by atoms with Crippen LogP contribution in [0.1, 0.15) is 60.4 Å². The van der Waals surface area contributed by atoms with Gasteiger partial charge in [0.25, 0.3) is 5.91 Å². The van der Waals surface area contributed by atoms with Crippen molar-refractivity contribution in [1.29, 1.82) is 0 Å². The Morgan fingerprint density at radius 1 is 1.45 bits per heavy atom. The second-order valence-electron chi connectivity index (χ2n) is 5.67. The highest BCUT2D eigenvalue weighted by atomic mass is 16.2. The van der Waals surface area contributed by atoms with Crippen molar-refractivity contribution in [2.75, 3.05) is 5.32 Å². The Hall–Kier alpha value is -2.11. The Bertz CT molecular complexity index is 636. The third-order valence-electron chi connectivity index (χ3n) is 3.58. The van der Waals surface area contributed by atoms with Crippen LogP contribution in [0.3, 0.4) is 0 Å². The molecule has 20 heavy (non-hydrogen) atoms. The molecule has 2 aromatic heterocycles. The van der Waals surface area contributed by atoms with Gasteiger partial charge in [0, 0.05) is 24.7 Å². The largest absolute Gasteiger partial charge is 0.305 e. The van der Waals surface area contributed by atoms with Gasteiger partial charge in [-0.2, -0.15) is 10.2 Å². The molecule has 0 radical (unpaired) electrons. The fourth-order valence-corrected chi connectivity index (χ4v) is 2.13. The summed E-state index contributed by atoms with van der Waals surface area (Å²) in [5.74, 6) is 1.38. The molecule has 1 aliphatic rings. The van der Waals surface area contributed by atoms with E-state index < -0.39 is 0 Å². The number of hydrogen-bond donors (Lipinski definition) is 2. The van der Waals surface area contributed by atoms with Gasteiger partial charge in [0.2, 0.25) is 0 Å². The standard InChI is InChI=1S/C14H19N5O/c1-8(2)10-7-13(19(3)18-10)15-14(20)12-6-11(16-17-12)9-4-5-9/h6-9H,4-5H2,1-3H3,(H,15,20)(H,16,17). The van der Waals surface area contributed by atoms with Gasteiger partial charge in [0.1, 0.15) is 5.82 Å². The maximum Gasteiger partial charge on any atom is 0.277 e. The summed E-state index contributed by atoms with van der Waals surface area (Å²) in [5.41, 5.74) is 2.45. The molecule has 1 fully saturated rings. The van der Waals surface area contributed by atoms with E-state index in [1.165, 1.54) is 12.8 Å². The minimum Gasteiger partial charge on any atom is -0.305 e. The van der Waals surface area contributed by atoms with Crippen LogP contribution in [0, 0.1) is 0 Å². The molecule has 0 saturated heterocycles. The molecule has 2 aromatic rings. The van der Waals surface area contributed by atoms with Crippen molar-refractivity contribution in [2.45, 2.75) is 38.5 Å². The number of aromatic nitrogens is 4. The second-order valence-corrected chi connectivity index (χ2v) is 5.67. The van der Waals surface area contributed by atoms with Crippen molar-refractivity contribution in [3.63, 3.8) is 0 Å². The summed E-state index contributed by atoms with van der Waals surface area (Å²) in [6.07, 6.45) is 2.37. The number of rotatable bonds is 4. The lowest BCUT2D eigenvalue weighted by molar-refractivity contribution is 0.102. The Morgan fingerprint density at radius 2 is 2.20 bits per heavy atom. The predicted octanol–water partition coefficient (Wildman–Crippen LogP) is 2.40. The molecule has 6 nitrogen and oxygen atoms in total. The number of H-pyrrole nitrogens is 1. The number of carbonyl (C=O) groups excluding carboxylic acids is 1. The van der Waals surface area contributed by atoms with Crippen molar-refractivity contribution in [1.82, 2.24) is 20.0 Å². The zero-order valence-electron chi connectivity index (χ0n) is 12.0. The Labute approximate surface area is 117 Å². The molecule has 1 amide bonds. The first kappa shape index (κ1) is 12.9. The molecule has 1 aliphatic carbocycles. The van der Waals surface area contributed by atoms with Crippen LogP contribution in [0.2, 0.25) is 0 Å². The third kappa shape index (κ3) is 2.45. The highest BCUT2D eigenvalue weighted by molar-refractivity contribution is 6.02. The van der Waals surface area contributed by atoms with Crippen LogP contribution in [-0.4, -0.2) is 25.9 Å². The van der Waals surface area contributed by atoms with Gasteiger partial charge in [-0.15, -0.1) is 0 Å². The minimum atomic E-state index is -0.202. The summed E-state index contributed by atoms with van der Waals surface area (Å²) in [6.45, 7) is 4.15. The average Bonchev–Trinajstić information content (AvgIpc) is 3.01. The van der Waals surface area contributed by atoms with Gasteiger partial charge in [0.15, 0.2) is 5.69 Å². The average molecular weight is 273 g/mol. The topological polar surface area (TPSA) is 75.6 Å². The lowest BCUT2D eigenvalue weighted by atomic mass is 10.1. The number of nitrogens with one attached hydrogen (secondary N) is 2. The van der Waals surface area contributed by atoms with Crippen molar-refractivity contribution in [3.8, 4) is 0 Å². The first-order valence-corrected chi connectivity index (χ1v) is 6.95. The van der Waals surface area contributed by atoms with Crippen LogP contribution in [0.5, 0.6) is 0 Å². The van der Waals surface area contributed by atoms with E-state index in [1.54, 1.807) is 4.68 Å². The molecule has 2 N–H and O–H groups in total. The summed E-state index contributed by atoms with van der Waals surface area (Å²) >= 11 is 0. The maximum atomic E-state index is 12.2. The number of hydrogen-bond acceptors (Lipinski definition) is 3. The van der Waals surface area contributed by atoms with E-state index in [9.17, 15) is 4.79 Å². The molecule has 0 aromatic carbocycles. The van der Waals surface area contributed by atoms with E-state index in [4.69, 9.17) is 0 Å².